The highest BCUT2D eigenvalue weighted by Gasteiger charge is 2.30. The van der Waals surface area contributed by atoms with Crippen molar-refractivity contribution in [3.63, 3.8) is 0 Å². The Balaban J connectivity index is 1.53. The van der Waals surface area contributed by atoms with Crippen LogP contribution in [0.15, 0.2) is 18.5 Å². The van der Waals surface area contributed by atoms with Crippen LogP contribution in [0.3, 0.4) is 0 Å². The van der Waals surface area contributed by atoms with Gasteiger partial charge in [-0.1, -0.05) is 0 Å². The minimum absolute atomic E-state index is 0.179. The van der Waals surface area contributed by atoms with Crippen LogP contribution in [0, 0.1) is 5.92 Å². The number of hydrogen-bond donors (Lipinski definition) is 1. The normalized spacial score (nSPS) is 23.1. The maximum Gasteiger partial charge on any atom is 0.255 e. The fourth-order valence-corrected chi connectivity index (χ4v) is 3.67. The molecule has 3 rings (SSSR count). The van der Waals surface area contributed by atoms with E-state index in [1.54, 1.807) is 6.20 Å². The highest BCUT2D eigenvalue weighted by molar-refractivity contribution is 5.94. The van der Waals surface area contributed by atoms with Crippen LogP contribution in [0.4, 0.5) is 0 Å². The molecule has 2 saturated heterocycles. The van der Waals surface area contributed by atoms with Crippen molar-refractivity contribution in [2.45, 2.75) is 38.6 Å². The third-order valence-corrected chi connectivity index (χ3v) is 5.07. The number of nitrogens with one attached hydrogen (secondary N) is 1. The van der Waals surface area contributed by atoms with E-state index in [1.165, 1.54) is 25.9 Å². The largest absolute Gasteiger partial charge is 0.367 e. The second-order valence-corrected chi connectivity index (χ2v) is 6.21. The fraction of sp³-hybridized carbons (Fsp3) is 0.688. The lowest BCUT2D eigenvalue weighted by Crippen LogP contribution is -2.44. The molecule has 1 atom stereocenters. The standard InChI is InChI=1S/C16H25N3O/c1-13(18-8-2-3-9-18)14-5-10-19(11-6-14)16(20)15-4-7-17-12-15/h4,7,12-14,17H,2-3,5-6,8-11H2,1H3/t13-/m0/s1. The summed E-state index contributed by atoms with van der Waals surface area (Å²) in [6.45, 7) is 6.73. The third kappa shape index (κ3) is 2.75. The zero-order valence-electron chi connectivity index (χ0n) is 12.3. The number of amides is 1. The van der Waals surface area contributed by atoms with Gasteiger partial charge in [-0.2, -0.15) is 0 Å². The highest BCUT2D eigenvalue weighted by Crippen LogP contribution is 2.27. The van der Waals surface area contributed by atoms with Gasteiger partial charge >= 0.3 is 0 Å². The van der Waals surface area contributed by atoms with Gasteiger partial charge in [0, 0.05) is 31.5 Å². The van der Waals surface area contributed by atoms with Crippen LogP contribution >= 0.6 is 0 Å². The van der Waals surface area contributed by atoms with E-state index in [0.29, 0.717) is 6.04 Å². The Kier molecular flexibility index (Phi) is 4.10. The molecule has 2 fully saturated rings. The molecule has 110 valence electrons. The predicted molar refractivity (Wildman–Crippen MR) is 79.7 cm³/mol. The van der Waals surface area contributed by atoms with E-state index in [-0.39, 0.29) is 5.91 Å². The van der Waals surface area contributed by atoms with Gasteiger partial charge in [0.25, 0.3) is 5.91 Å². The lowest BCUT2D eigenvalue weighted by Gasteiger charge is -2.38. The Morgan fingerprint density at radius 3 is 2.55 bits per heavy atom. The van der Waals surface area contributed by atoms with E-state index in [2.05, 4.69) is 16.8 Å². The van der Waals surface area contributed by atoms with Crippen LogP contribution in [-0.4, -0.2) is 52.9 Å². The van der Waals surface area contributed by atoms with Gasteiger partial charge in [0.1, 0.15) is 0 Å². The topological polar surface area (TPSA) is 39.3 Å². The summed E-state index contributed by atoms with van der Waals surface area (Å²) >= 11 is 0. The number of piperidine rings is 1. The molecule has 0 radical (unpaired) electrons. The smallest absolute Gasteiger partial charge is 0.255 e. The molecule has 2 aliphatic heterocycles. The Bertz CT molecular complexity index is 429. The van der Waals surface area contributed by atoms with E-state index < -0.39 is 0 Å². The van der Waals surface area contributed by atoms with Crippen LogP contribution in [0.1, 0.15) is 43.0 Å². The Labute approximate surface area is 121 Å². The first-order valence-corrected chi connectivity index (χ1v) is 7.92. The first-order valence-electron chi connectivity index (χ1n) is 7.92. The van der Waals surface area contributed by atoms with Crippen molar-refractivity contribution in [3.05, 3.63) is 24.0 Å². The van der Waals surface area contributed by atoms with Crippen LogP contribution in [0.2, 0.25) is 0 Å². The molecule has 0 spiro atoms. The maximum absolute atomic E-state index is 12.3. The monoisotopic (exact) mass is 275 g/mol. The molecule has 0 aromatic carbocycles. The average molecular weight is 275 g/mol. The lowest BCUT2D eigenvalue weighted by atomic mass is 9.89. The number of nitrogens with zero attached hydrogens (tertiary/aromatic N) is 2. The quantitative estimate of drug-likeness (QED) is 0.919. The number of aromatic nitrogens is 1. The average Bonchev–Trinajstić information content (AvgIpc) is 3.18. The zero-order valence-corrected chi connectivity index (χ0v) is 12.3. The molecule has 1 aromatic heterocycles. The van der Waals surface area contributed by atoms with Gasteiger partial charge in [-0.3, -0.25) is 4.79 Å². The van der Waals surface area contributed by atoms with E-state index in [4.69, 9.17) is 0 Å². The molecule has 4 heteroatoms. The summed E-state index contributed by atoms with van der Waals surface area (Å²) < 4.78 is 0. The molecular weight excluding hydrogens is 250 g/mol. The minimum Gasteiger partial charge on any atom is -0.367 e. The van der Waals surface area contributed by atoms with Crippen molar-refractivity contribution in [1.29, 1.82) is 0 Å². The summed E-state index contributed by atoms with van der Waals surface area (Å²) in [6, 6.07) is 2.54. The van der Waals surface area contributed by atoms with Crippen molar-refractivity contribution in [3.8, 4) is 0 Å². The second-order valence-electron chi connectivity index (χ2n) is 6.21. The maximum atomic E-state index is 12.3. The Morgan fingerprint density at radius 1 is 1.25 bits per heavy atom. The van der Waals surface area contributed by atoms with E-state index in [9.17, 15) is 4.79 Å². The summed E-state index contributed by atoms with van der Waals surface area (Å²) in [7, 11) is 0. The predicted octanol–water partition coefficient (Wildman–Crippen LogP) is 2.35. The Morgan fingerprint density at radius 2 is 1.95 bits per heavy atom. The molecule has 0 aliphatic carbocycles. The van der Waals surface area contributed by atoms with Crippen molar-refractivity contribution in [2.24, 2.45) is 5.92 Å². The van der Waals surface area contributed by atoms with Gasteiger partial charge in [0.2, 0.25) is 0 Å². The van der Waals surface area contributed by atoms with Crippen LogP contribution in [0.25, 0.3) is 0 Å². The minimum atomic E-state index is 0.179. The molecule has 1 amide bonds. The molecule has 0 saturated carbocycles. The first-order chi connectivity index (χ1) is 9.75. The molecule has 20 heavy (non-hydrogen) atoms. The van der Waals surface area contributed by atoms with Gasteiger partial charge in [-0.25, -0.2) is 0 Å². The van der Waals surface area contributed by atoms with E-state index in [0.717, 1.165) is 37.4 Å². The Hall–Kier alpha value is -1.29. The number of carbonyl (C=O) groups is 1. The van der Waals surface area contributed by atoms with Gasteiger partial charge in [0.15, 0.2) is 0 Å². The number of hydrogen-bond acceptors (Lipinski definition) is 2. The number of aromatic amines is 1. The highest BCUT2D eigenvalue weighted by atomic mass is 16.2. The number of likely N-dealkylation sites (tertiary alicyclic amines) is 2. The van der Waals surface area contributed by atoms with Crippen molar-refractivity contribution in [1.82, 2.24) is 14.8 Å². The summed E-state index contributed by atoms with van der Waals surface area (Å²) in [5, 5.41) is 0. The van der Waals surface area contributed by atoms with E-state index in [1.807, 2.05) is 17.2 Å². The molecule has 2 aliphatic rings. The lowest BCUT2D eigenvalue weighted by molar-refractivity contribution is 0.0624. The number of H-pyrrole nitrogens is 1. The summed E-state index contributed by atoms with van der Waals surface area (Å²) in [6.07, 6.45) is 8.61. The fourth-order valence-electron chi connectivity index (χ4n) is 3.67. The zero-order chi connectivity index (χ0) is 13.9. The van der Waals surface area contributed by atoms with Gasteiger partial charge in [-0.05, 0) is 57.7 Å². The van der Waals surface area contributed by atoms with E-state index >= 15 is 0 Å². The molecule has 0 bridgehead atoms. The van der Waals surface area contributed by atoms with Gasteiger partial charge < -0.3 is 14.8 Å². The van der Waals surface area contributed by atoms with Crippen molar-refractivity contribution < 1.29 is 4.79 Å². The van der Waals surface area contributed by atoms with Crippen LogP contribution in [0.5, 0.6) is 0 Å². The third-order valence-electron chi connectivity index (χ3n) is 5.07. The molecule has 1 aromatic rings. The summed E-state index contributed by atoms with van der Waals surface area (Å²) in [5.41, 5.74) is 0.788. The van der Waals surface area contributed by atoms with Crippen LogP contribution in [-0.2, 0) is 0 Å². The molecule has 1 N–H and O–H groups in total. The first kappa shape index (κ1) is 13.7. The molecular formula is C16H25N3O. The SMILES string of the molecule is C[C@@H](C1CCN(C(=O)c2cc[nH]c2)CC1)N1CCCC1. The summed E-state index contributed by atoms with van der Waals surface area (Å²) in [5.74, 6) is 0.932. The van der Waals surface area contributed by atoms with Crippen molar-refractivity contribution in [2.75, 3.05) is 26.2 Å². The van der Waals surface area contributed by atoms with Crippen molar-refractivity contribution >= 4 is 5.91 Å². The second kappa shape index (κ2) is 6.00. The molecule has 0 unspecified atom stereocenters. The van der Waals surface area contributed by atoms with Gasteiger partial charge in [0.05, 0.1) is 5.56 Å². The number of rotatable bonds is 3. The molecule has 3 heterocycles. The van der Waals surface area contributed by atoms with Crippen LogP contribution < -0.4 is 0 Å². The van der Waals surface area contributed by atoms with Gasteiger partial charge in [-0.15, -0.1) is 0 Å². The number of carbonyl (C=O) groups excluding carboxylic acids is 1. The molecule has 4 nitrogen and oxygen atoms in total. The summed E-state index contributed by atoms with van der Waals surface area (Å²) in [4.78, 5) is 19.9.